The van der Waals surface area contributed by atoms with E-state index in [2.05, 4.69) is 5.32 Å². The van der Waals surface area contributed by atoms with Crippen LogP contribution in [0.25, 0.3) is 0 Å². The topological polar surface area (TPSA) is 46.2 Å². The summed E-state index contributed by atoms with van der Waals surface area (Å²) >= 11 is 7.25. The van der Waals surface area contributed by atoms with E-state index in [9.17, 15) is 9.59 Å². The van der Waals surface area contributed by atoms with Crippen molar-refractivity contribution in [3.8, 4) is 0 Å². The van der Waals surface area contributed by atoms with Gasteiger partial charge in [-0.3, -0.25) is 9.59 Å². The summed E-state index contributed by atoms with van der Waals surface area (Å²) in [6, 6.07) is 10.3. The summed E-state index contributed by atoms with van der Waals surface area (Å²) in [6.45, 7) is -0.0232. The molecule has 0 spiro atoms. The van der Waals surface area contributed by atoms with Gasteiger partial charge in [-0.2, -0.15) is 0 Å². The van der Waals surface area contributed by atoms with Gasteiger partial charge in [0.2, 0.25) is 0 Å². The van der Waals surface area contributed by atoms with Gasteiger partial charge in [-0.1, -0.05) is 29.8 Å². The number of carbonyl (C=O) groups excluding carboxylic acids is 2. The standard InChI is InChI=1S/C13H10ClNO2S/c14-10-5-2-1-4-9(10)13(17)15-8-11(16)12-6-3-7-18-12/h1-7H,8H2,(H,15,17). The molecule has 0 unspecified atom stereocenters. The van der Waals surface area contributed by atoms with E-state index in [1.807, 2.05) is 5.38 Å². The number of nitrogens with one attached hydrogen (secondary N) is 1. The van der Waals surface area contributed by atoms with Crippen molar-refractivity contribution >= 4 is 34.6 Å². The van der Waals surface area contributed by atoms with Gasteiger partial charge >= 0.3 is 0 Å². The fraction of sp³-hybridized carbons (Fsp3) is 0.0769. The smallest absolute Gasteiger partial charge is 0.253 e. The first-order chi connectivity index (χ1) is 8.68. The third kappa shape index (κ3) is 2.97. The second-order valence-electron chi connectivity index (χ2n) is 3.56. The molecule has 1 N–H and O–H groups in total. The first kappa shape index (κ1) is 12.8. The van der Waals surface area contributed by atoms with Crippen molar-refractivity contribution in [1.29, 1.82) is 0 Å². The lowest BCUT2D eigenvalue weighted by molar-refractivity contribution is 0.0905. The third-order valence-corrected chi connectivity index (χ3v) is 3.56. The van der Waals surface area contributed by atoms with Crippen molar-refractivity contribution in [3.63, 3.8) is 0 Å². The van der Waals surface area contributed by atoms with E-state index in [4.69, 9.17) is 11.6 Å². The molecular formula is C13H10ClNO2S. The summed E-state index contributed by atoms with van der Waals surface area (Å²) in [6.07, 6.45) is 0. The lowest BCUT2D eigenvalue weighted by Gasteiger charge is -2.05. The Labute approximate surface area is 113 Å². The number of carbonyl (C=O) groups is 2. The molecule has 18 heavy (non-hydrogen) atoms. The number of hydrogen-bond acceptors (Lipinski definition) is 3. The maximum absolute atomic E-state index is 11.8. The number of hydrogen-bond donors (Lipinski definition) is 1. The number of benzene rings is 1. The molecule has 0 aliphatic rings. The summed E-state index contributed by atoms with van der Waals surface area (Å²) < 4.78 is 0. The van der Waals surface area contributed by atoms with Crippen molar-refractivity contribution in [3.05, 3.63) is 57.2 Å². The van der Waals surface area contributed by atoms with Crippen LogP contribution < -0.4 is 5.32 Å². The van der Waals surface area contributed by atoms with Crippen LogP contribution in [0.15, 0.2) is 41.8 Å². The molecule has 1 aromatic heterocycles. The van der Waals surface area contributed by atoms with E-state index < -0.39 is 0 Å². The van der Waals surface area contributed by atoms with E-state index in [0.29, 0.717) is 15.5 Å². The van der Waals surface area contributed by atoms with Gasteiger partial charge in [0.05, 0.1) is 22.0 Å². The van der Waals surface area contributed by atoms with Crippen LogP contribution in [-0.4, -0.2) is 18.2 Å². The summed E-state index contributed by atoms with van der Waals surface area (Å²) in [5.74, 6) is -0.448. The van der Waals surface area contributed by atoms with Gasteiger partial charge in [0, 0.05) is 0 Å². The molecule has 2 aromatic rings. The van der Waals surface area contributed by atoms with Crippen LogP contribution in [0.4, 0.5) is 0 Å². The Bertz CT molecular complexity index is 566. The van der Waals surface area contributed by atoms with Crippen LogP contribution in [0.2, 0.25) is 5.02 Å². The van der Waals surface area contributed by atoms with Gasteiger partial charge in [-0.05, 0) is 23.6 Å². The Kier molecular flexibility index (Phi) is 4.12. The van der Waals surface area contributed by atoms with Crippen LogP contribution in [0, 0.1) is 0 Å². The van der Waals surface area contributed by atoms with Crippen molar-refractivity contribution in [1.82, 2.24) is 5.32 Å². The number of ketones is 1. The Hall–Kier alpha value is -1.65. The van der Waals surface area contributed by atoms with Crippen molar-refractivity contribution in [2.45, 2.75) is 0 Å². The number of rotatable bonds is 4. The minimum Gasteiger partial charge on any atom is -0.344 e. The van der Waals surface area contributed by atoms with Gasteiger partial charge in [-0.15, -0.1) is 11.3 Å². The molecule has 5 heteroatoms. The molecule has 0 saturated carbocycles. The highest BCUT2D eigenvalue weighted by molar-refractivity contribution is 7.12. The molecule has 1 heterocycles. The molecule has 0 aliphatic heterocycles. The highest BCUT2D eigenvalue weighted by Crippen LogP contribution is 2.14. The van der Waals surface area contributed by atoms with Crippen LogP contribution in [-0.2, 0) is 0 Å². The maximum atomic E-state index is 11.8. The minimum atomic E-state index is -0.342. The molecule has 0 bridgehead atoms. The molecule has 3 nitrogen and oxygen atoms in total. The predicted octanol–water partition coefficient (Wildman–Crippen LogP) is 3.01. The molecule has 1 aromatic carbocycles. The third-order valence-electron chi connectivity index (χ3n) is 2.32. The van der Waals surface area contributed by atoms with Crippen molar-refractivity contribution in [2.24, 2.45) is 0 Å². The normalized spacial score (nSPS) is 10.1. The first-order valence-corrected chi connectivity index (χ1v) is 6.53. The zero-order valence-electron chi connectivity index (χ0n) is 9.35. The molecular weight excluding hydrogens is 270 g/mol. The number of halogens is 1. The second-order valence-corrected chi connectivity index (χ2v) is 4.92. The van der Waals surface area contributed by atoms with Gasteiger partial charge in [0.1, 0.15) is 0 Å². The zero-order chi connectivity index (χ0) is 13.0. The Morgan fingerprint density at radius 1 is 1.17 bits per heavy atom. The summed E-state index contributed by atoms with van der Waals surface area (Å²) in [5, 5.41) is 4.76. The minimum absolute atomic E-state index is 0.0232. The molecule has 1 amide bonds. The van der Waals surface area contributed by atoms with E-state index in [1.54, 1.807) is 36.4 Å². The van der Waals surface area contributed by atoms with E-state index in [1.165, 1.54) is 11.3 Å². The van der Waals surface area contributed by atoms with Crippen molar-refractivity contribution < 1.29 is 9.59 Å². The molecule has 2 rings (SSSR count). The average molecular weight is 280 g/mol. The molecule has 0 saturated heterocycles. The fourth-order valence-electron chi connectivity index (χ4n) is 1.43. The summed E-state index contributed by atoms with van der Waals surface area (Å²) in [7, 11) is 0. The number of amides is 1. The Morgan fingerprint density at radius 3 is 2.61 bits per heavy atom. The highest BCUT2D eigenvalue weighted by Gasteiger charge is 2.12. The van der Waals surface area contributed by atoms with Gasteiger partial charge in [0.15, 0.2) is 5.78 Å². The Balaban J connectivity index is 1.97. The van der Waals surface area contributed by atoms with Gasteiger partial charge in [0.25, 0.3) is 5.91 Å². The molecule has 92 valence electrons. The van der Waals surface area contributed by atoms with Gasteiger partial charge in [-0.25, -0.2) is 0 Å². The first-order valence-electron chi connectivity index (χ1n) is 5.28. The fourth-order valence-corrected chi connectivity index (χ4v) is 2.31. The monoisotopic (exact) mass is 279 g/mol. The summed E-state index contributed by atoms with van der Waals surface area (Å²) in [4.78, 5) is 24.1. The molecule has 0 atom stereocenters. The van der Waals surface area contributed by atoms with E-state index >= 15 is 0 Å². The largest absolute Gasteiger partial charge is 0.344 e. The number of thiophene rings is 1. The van der Waals surface area contributed by atoms with Crippen molar-refractivity contribution in [2.75, 3.05) is 6.54 Å². The molecule has 0 radical (unpaired) electrons. The predicted molar refractivity (Wildman–Crippen MR) is 72.4 cm³/mol. The molecule has 0 fully saturated rings. The highest BCUT2D eigenvalue weighted by atomic mass is 35.5. The summed E-state index contributed by atoms with van der Waals surface area (Å²) in [5.41, 5.74) is 0.373. The van der Waals surface area contributed by atoms with Crippen LogP contribution >= 0.6 is 22.9 Å². The van der Waals surface area contributed by atoms with E-state index in [-0.39, 0.29) is 18.2 Å². The van der Waals surface area contributed by atoms with E-state index in [0.717, 1.165) is 0 Å². The zero-order valence-corrected chi connectivity index (χ0v) is 10.9. The maximum Gasteiger partial charge on any atom is 0.253 e. The quantitative estimate of drug-likeness (QED) is 0.875. The number of Topliss-reactive ketones (excluding diaryl/α,β-unsaturated/α-hetero) is 1. The average Bonchev–Trinajstić information content (AvgIpc) is 2.90. The molecule has 0 aliphatic carbocycles. The lowest BCUT2D eigenvalue weighted by Crippen LogP contribution is -2.29. The van der Waals surface area contributed by atoms with Gasteiger partial charge < -0.3 is 5.32 Å². The van der Waals surface area contributed by atoms with Crippen LogP contribution in [0.3, 0.4) is 0 Å². The Morgan fingerprint density at radius 2 is 1.94 bits per heavy atom. The van der Waals surface area contributed by atoms with Crippen LogP contribution in [0.5, 0.6) is 0 Å². The van der Waals surface area contributed by atoms with Crippen LogP contribution in [0.1, 0.15) is 20.0 Å². The lowest BCUT2D eigenvalue weighted by atomic mass is 10.2. The second kappa shape index (κ2) is 5.80. The SMILES string of the molecule is O=C(CNC(=O)c1ccccc1Cl)c1cccs1.